The molecule has 1 aliphatic rings. The van der Waals surface area contributed by atoms with Crippen LogP contribution in [0.3, 0.4) is 0 Å². The second kappa shape index (κ2) is 11.0. The molecule has 0 spiro atoms. The van der Waals surface area contributed by atoms with Gasteiger partial charge in [-0.3, -0.25) is 4.98 Å². The van der Waals surface area contributed by atoms with E-state index in [0.29, 0.717) is 70.5 Å². The molecule has 1 N–H and O–H groups in total. The summed E-state index contributed by atoms with van der Waals surface area (Å²) in [6.07, 6.45) is 1.95. The van der Waals surface area contributed by atoms with Gasteiger partial charge in [0.1, 0.15) is 29.1 Å². The summed E-state index contributed by atoms with van der Waals surface area (Å²) in [4.78, 5) is 23.1. The van der Waals surface area contributed by atoms with Crippen molar-refractivity contribution >= 4 is 28.4 Å². The predicted molar refractivity (Wildman–Crippen MR) is 154 cm³/mol. The Kier molecular flexibility index (Phi) is 7.41. The number of nitriles is 1. The first-order valence-corrected chi connectivity index (χ1v) is 13.2. The van der Waals surface area contributed by atoms with E-state index >= 15 is 0 Å². The molecule has 0 atom stereocenters. The van der Waals surface area contributed by atoms with Crippen molar-refractivity contribution in [2.24, 2.45) is 4.99 Å². The normalized spacial score (nSPS) is 13.7. The second-order valence-electron chi connectivity index (χ2n) is 10.9. The molecule has 1 amide bonds. The number of fused-ring (bicyclic) bond motifs is 1. The lowest BCUT2D eigenvalue weighted by atomic mass is 9.95. The summed E-state index contributed by atoms with van der Waals surface area (Å²) in [6, 6.07) is 15.8. The molecule has 1 fully saturated rings. The van der Waals surface area contributed by atoms with Gasteiger partial charge in [0, 0.05) is 60.4 Å². The fraction of sp³-hybridized carbons (Fsp3) is 0.250. The summed E-state index contributed by atoms with van der Waals surface area (Å²) in [6.45, 7) is 6.33. The van der Waals surface area contributed by atoms with E-state index in [-0.39, 0.29) is 11.3 Å². The van der Waals surface area contributed by atoms with E-state index in [9.17, 15) is 23.9 Å². The number of pyridine rings is 1. The number of hydrogen-bond donors (Lipinski definition) is 1. The zero-order chi connectivity index (χ0) is 29.3. The third kappa shape index (κ3) is 6.02. The van der Waals surface area contributed by atoms with Gasteiger partial charge in [0.25, 0.3) is 0 Å². The molecule has 0 unspecified atom stereocenters. The van der Waals surface area contributed by atoms with Gasteiger partial charge in [0.05, 0.1) is 16.8 Å². The lowest BCUT2D eigenvalue weighted by molar-refractivity contribution is 0.0603. The molecule has 0 bridgehead atoms. The molecule has 7 nitrogen and oxygen atoms in total. The number of benzene rings is 3. The number of carbonyl (C=O) groups is 1. The highest BCUT2D eigenvalue weighted by atomic mass is 19.1. The zero-order valence-electron chi connectivity index (χ0n) is 22.9. The number of aliphatic imine (C=N–C) groups is 1. The molecule has 208 valence electrons. The van der Waals surface area contributed by atoms with E-state index in [2.05, 4.69) is 14.9 Å². The first kappa shape index (κ1) is 27.7. The Morgan fingerprint density at radius 1 is 1.02 bits per heavy atom. The monoisotopic (exact) mass is 554 g/mol. The van der Waals surface area contributed by atoms with E-state index < -0.39 is 23.3 Å². The highest BCUT2D eigenvalue weighted by Gasteiger charge is 2.24. The smallest absolute Gasteiger partial charge is 0.434 e. The number of rotatable bonds is 3. The maximum absolute atomic E-state index is 14.3. The van der Waals surface area contributed by atoms with E-state index in [1.165, 1.54) is 18.2 Å². The van der Waals surface area contributed by atoms with Gasteiger partial charge in [0.2, 0.25) is 0 Å². The molecule has 5 rings (SSSR count). The molecule has 3 aromatic carbocycles. The molecule has 1 saturated heterocycles. The molecule has 4 aromatic rings. The van der Waals surface area contributed by atoms with Crippen LogP contribution < -0.4 is 4.90 Å². The average Bonchev–Trinajstić information content (AvgIpc) is 2.91. The minimum atomic E-state index is -0.705. The average molecular weight is 555 g/mol. The molecule has 41 heavy (non-hydrogen) atoms. The van der Waals surface area contributed by atoms with Gasteiger partial charge in [-0.1, -0.05) is 18.2 Å². The van der Waals surface area contributed by atoms with Gasteiger partial charge >= 0.3 is 6.09 Å². The Balaban J connectivity index is 1.61. The van der Waals surface area contributed by atoms with Crippen molar-refractivity contribution < 1.29 is 23.4 Å². The van der Waals surface area contributed by atoms with Gasteiger partial charge in [-0.25, -0.2) is 13.6 Å². The van der Waals surface area contributed by atoms with Gasteiger partial charge in [-0.15, -0.1) is 0 Å². The van der Waals surface area contributed by atoms with Crippen LogP contribution in [-0.2, 0) is 4.74 Å². The number of aromatic hydroxyl groups is 1. The molecule has 2 heterocycles. The Bertz CT molecular complexity index is 1710. The molecule has 9 heteroatoms. The van der Waals surface area contributed by atoms with Crippen LogP contribution in [0.15, 0.2) is 65.8 Å². The van der Waals surface area contributed by atoms with Gasteiger partial charge < -0.3 is 14.7 Å². The predicted octanol–water partition coefficient (Wildman–Crippen LogP) is 7.40. The van der Waals surface area contributed by atoms with Crippen LogP contribution in [0.2, 0.25) is 0 Å². The molecular weight excluding hydrogens is 526 g/mol. The van der Waals surface area contributed by atoms with E-state index in [1.54, 1.807) is 45.2 Å². The fourth-order valence-corrected chi connectivity index (χ4v) is 4.99. The number of ether oxygens (including phenoxy) is 1. The number of para-hydroxylation sites is 1. The summed E-state index contributed by atoms with van der Waals surface area (Å²) >= 11 is 0. The summed E-state index contributed by atoms with van der Waals surface area (Å²) in [5.41, 5.74) is 3.58. The molecule has 0 saturated carbocycles. The highest BCUT2D eigenvalue weighted by Crippen LogP contribution is 2.41. The summed E-state index contributed by atoms with van der Waals surface area (Å²) in [5, 5.41) is 20.8. The summed E-state index contributed by atoms with van der Waals surface area (Å²) in [5.74, 6) is -1.54. The summed E-state index contributed by atoms with van der Waals surface area (Å²) in [7, 11) is 0. The van der Waals surface area contributed by atoms with Gasteiger partial charge in [0.15, 0.2) is 0 Å². The van der Waals surface area contributed by atoms with Crippen LogP contribution in [0.4, 0.5) is 19.3 Å². The van der Waals surface area contributed by atoms with Crippen LogP contribution in [-0.4, -0.2) is 40.6 Å². The number of nitrogens with zero attached hydrogens (tertiary/aromatic N) is 4. The molecule has 1 aliphatic heterocycles. The topological polar surface area (TPSA) is 98.8 Å². The Morgan fingerprint density at radius 3 is 2.39 bits per heavy atom. The van der Waals surface area contributed by atoms with Crippen LogP contribution in [0, 0.1) is 23.0 Å². The zero-order valence-corrected chi connectivity index (χ0v) is 22.9. The van der Waals surface area contributed by atoms with E-state index in [4.69, 9.17) is 4.74 Å². The third-order valence-corrected chi connectivity index (χ3v) is 6.78. The van der Waals surface area contributed by atoms with E-state index in [0.717, 1.165) is 6.07 Å². The fourth-order valence-electron chi connectivity index (χ4n) is 4.99. The van der Waals surface area contributed by atoms with Gasteiger partial charge in [-0.2, -0.15) is 10.3 Å². The molecule has 0 radical (unpaired) electrons. The molecule has 0 aliphatic carbocycles. The lowest BCUT2D eigenvalue weighted by Gasteiger charge is -2.32. The van der Waals surface area contributed by atoms with Crippen LogP contribution >= 0.6 is 0 Å². The lowest BCUT2D eigenvalue weighted by Crippen LogP contribution is -2.35. The quantitative estimate of drug-likeness (QED) is 0.283. The van der Waals surface area contributed by atoms with Crippen LogP contribution in [0.1, 0.15) is 39.2 Å². The van der Waals surface area contributed by atoms with Crippen molar-refractivity contribution in [1.29, 1.82) is 5.26 Å². The van der Waals surface area contributed by atoms with Crippen molar-refractivity contribution in [1.82, 2.24) is 4.98 Å². The van der Waals surface area contributed by atoms with Gasteiger partial charge in [-0.05, 0) is 62.2 Å². The number of phenols is 1. The number of anilines is 1. The van der Waals surface area contributed by atoms with Crippen LogP contribution in [0.25, 0.3) is 33.2 Å². The maximum atomic E-state index is 14.3. The number of amides is 1. The number of hydrogen-bond acceptors (Lipinski definition) is 6. The standard InChI is InChI=1S/C32H28F2N4O3/c1-32(2,3)41-31(40)37-24-9-11-38(12-10-24)29-26-15-19(25-6-4-5-20(17-35)30(25)39)7-8-28(26)36-18-27(29)21-13-22(33)16-23(34)14-21/h4-8,13-16,18,39H,9-12H2,1-3H3. The van der Waals surface area contributed by atoms with E-state index in [1.807, 2.05) is 18.2 Å². The van der Waals surface area contributed by atoms with Crippen molar-refractivity contribution in [2.45, 2.75) is 39.2 Å². The van der Waals surface area contributed by atoms with Crippen molar-refractivity contribution in [2.75, 3.05) is 18.0 Å². The Labute approximate surface area is 236 Å². The first-order chi connectivity index (χ1) is 19.5. The maximum Gasteiger partial charge on any atom is 0.434 e. The SMILES string of the molecule is CC(C)(C)OC(=O)N=C1CCN(c2c(-c3cc(F)cc(F)c3)cnc3ccc(-c4cccc(C#N)c4O)cc23)CC1. The minimum Gasteiger partial charge on any atom is -0.506 e. The summed E-state index contributed by atoms with van der Waals surface area (Å²) < 4.78 is 33.9. The number of aromatic nitrogens is 1. The molecule has 1 aromatic heterocycles. The first-order valence-electron chi connectivity index (χ1n) is 13.2. The number of carbonyl (C=O) groups excluding carboxylic acids is 1. The molecular formula is C32H28F2N4O3. The minimum absolute atomic E-state index is 0.131. The van der Waals surface area contributed by atoms with Crippen LogP contribution in [0.5, 0.6) is 5.75 Å². The largest absolute Gasteiger partial charge is 0.506 e. The van der Waals surface area contributed by atoms with Crippen molar-refractivity contribution in [3.05, 3.63) is 78.0 Å². The highest BCUT2D eigenvalue weighted by molar-refractivity contribution is 6.03. The third-order valence-electron chi connectivity index (χ3n) is 6.78. The number of phenolic OH excluding ortho intramolecular Hbond substituents is 1. The number of piperidine rings is 1. The second-order valence-corrected chi connectivity index (χ2v) is 10.9. The Hall–Kier alpha value is -4.84. The van der Waals surface area contributed by atoms with Crippen molar-refractivity contribution in [3.63, 3.8) is 0 Å². The Morgan fingerprint density at radius 2 is 1.73 bits per heavy atom. The number of halogens is 2. The van der Waals surface area contributed by atoms with Crippen molar-refractivity contribution in [3.8, 4) is 34.1 Å².